The monoisotopic (exact) mass is 408 g/mol. The van der Waals surface area contributed by atoms with E-state index in [1.807, 2.05) is 0 Å². The van der Waals surface area contributed by atoms with Crippen molar-refractivity contribution in [2.45, 2.75) is 43.9 Å². The number of ether oxygens (including phenoxy) is 1. The molecule has 6 nitrogen and oxygen atoms in total. The molecule has 2 aliphatic rings. The molecule has 1 N–H and O–H groups in total. The summed E-state index contributed by atoms with van der Waals surface area (Å²) in [6, 6.07) is 4.52. The Bertz CT molecular complexity index is 890. The Labute approximate surface area is 166 Å². The fourth-order valence-corrected chi connectivity index (χ4v) is 4.06. The van der Waals surface area contributed by atoms with Gasteiger partial charge in [-0.3, -0.25) is 4.79 Å². The van der Waals surface area contributed by atoms with Crippen LogP contribution in [0.3, 0.4) is 0 Å². The van der Waals surface area contributed by atoms with Crippen molar-refractivity contribution in [3.05, 3.63) is 41.6 Å². The maximum atomic E-state index is 13.8. The second-order valence-corrected chi connectivity index (χ2v) is 7.47. The van der Waals surface area contributed by atoms with Gasteiger partial charge in [0.15, 0.2) is 6.04 Å². The Morgan fingerprint density at radius 3 is 2.69 bits per heavy atom. The number of nitrogens with zero attached hydrogens (tertiary/aromatic N) is 3. The van der Waals surface area contributed by atoms with Crippen molar-refractivity contribution >= 4 is 11.7 Å². The second-order valence-electron chi connectivity index (χ2n) is 7.47. The van der Waals surface area contributed by atoms with Crippen molar-refractivity contribution in [1.82, 2.24) is 14.7 Å². The molecule has 156 valence electrons. The number of hydrogen-bond acceptors (Lipinski definition) is 4. The van der Waals surface area contributed by atoms with Gasteiger partial charge in [-0.2, -0.15) is 18.3 Å². The van der Waals surface area contributed by atoms with E-state index in [0.717, 1.165) is 23.9 Å². The van der Waals surface area contributed by atoms with Crippen LogP contribution < -0.4 is 10.1 Å². The number of anilines is 1. The fourth-order valence-electron chi connectivity index (χ4n) is 4.06. The number of aromatic nitrogens is 2. The molecule has 0 aliphatic carbocycles. The average molecular weight is 408 g/mol. The van der Waals surface area contributed by atoms with E-state index in [9.17, 15) is 18.0 Å². The predicted octanol–water partition coefficient (Wildman–Crippen LogP) is 4.18. The third kappa shape index (κ3) is 3.77. The van der Waals surface area contributed by atoms with Crippen LogP contribution in [0.15, 0.2) is 30.5 Å². The minimum absolute atomic E-state index is 0.127. The summed E-state index contributed by atoms with van der Waals surface area (Å²) in [6.07, 6.45) is -0.581. The van der Waals surface area contributed by atoms with E-state index in [2.05, 4.69) is 10.4 Å². The lowest BCUT2D eigenvalue weighted by Gasteiger charge is -2.34. The quantitative estimate of drug-likeness (QED) is 0.828. The van der Waals surface area contributed by atoms with Gasteiger partial charge in [-0.15, -0.1) is 0 Å². The van der Waals surface area contributed by atoms with Gasteiger partial charge in [0.25, 0.3) is 5.91 Å². The lowest BCUT2D eigenvalue weighted by molar-refractivity contribution is -0.173. The van der Waals surface area contributed by atoms with Gasteiger partial charge in [-0.05, 0) is 37.0 Å². The molecule has 3 heterocycles. The minimum atomic E-state index is -4.48. The second kappa shape index (κ2) is 7.61. The molecule has 0 radical (unpaired) electrons. The third-order valence-electron chi connectivity index (χ3n) is 5.61. The summed E-state index contributed by atoms with van der Waals surface area (Å²) in [5.41, 5.74) is 0.858. The van der Waals surface area contributed by atoms with Gasteiger partial charge in [0, 0.05) is 19.5 Å². The highest BCUT2D eigenvalue weighted by molar-refractivity contribution is 5.99. The van der Waals surface area contributed by atoms with Crippen molar-refractivity contribution in [3.63, 3.8) is 0 Å². The highest BCUT2D eigenvalue weighted by atomic mass is 19.4. The van der Waals surface area contributed by atoms with Gasteiger partial charge in [-0.1, -0.05) is 12.1 Å². The van der Waals surface area contributed by atoms with Crippen molar-refractivity contribution in [2.75, 3.05) is 25.5 Å². The molecule has 1 aromatic heterocycles. The van der Waals surface area contributed by atoms with E-state index in [-0.39, 0.29) is 23.7 Å². The Kier molecular flexibility index (Phi) is 5.14. The van der Waals surface area contributed by atoms with Gasteiger partial charge in [0.2, 0.25) is 0 Å². The molecule has 9 heteroatoms. The molecule has 1 amide bonds. The number of piperidine rings is 1. The molecule has 0 bridgehead atoms. The standard InChI is InChI=1S/C20H23F3N4O2/c1-29-14-7-5-6-13(10-14)16-11-17(20(21,22)23)27-18(25-16)15(12-24-27)19(28)26-8-3-2-4-9-26/h5-7,10,12,16-17,25H,2-4,8-9,11H2,1H3/t16-,17-/m0/s1. The van der Waals surface area contributed by atoms with E-state index in [0.29, 0.717) is 24.4 Å². The number of carbonyl (C=O) groups is 1. The first-order valence-electron chi connectivity index (χ1n) is 9.72. The molecule has 2 atom stereocenters. The summed E-state index contributed by atoms with van der Waals surface area (Å²) >= 11 is 0. The highest BCUT2D eigenvalue weighted by Crippen LogP contribution is 2.44. The zero-order valence-electron chi connectivity index (χ0n) is 16.1. The Morgan fingerprint density at radius 1 is 1.24 bits per heavy atom. The topological polar surface area (TPSA) is 59.4 Å². The summed E-state index contributed by atoms with van der Waals surface area (Å²) < 4.78 is 47.6. The summed E-state index contributed by atoms with van der Waals surface area (Å²) in [5.74, 6) is 0.421. The Balaban J connectivity index is 1.71. The van der Waals surface area contributed by atoms with Gasteiger partial charge in [0.1, 0.15) is 17.1 Å². The zero-order chi connectivity index (χ0) is 20.6. The van der Waals surface area contributed by atoms with Crippen LogP contribution in [0.1, 0.15) is 53.7 Å². The Morgan fingerprint density at radius 2 is 2.00 bits per heavy atom. The SMILES string of the molecule is COc1cccc([C@@H]2C[C@@H](C(F)(F)F)n3ncc(C(=O)N4CCCCC4)c3N2)c1. The molecule has 2 aliphatic heterocycles. The molecule has 0 saturated carbocycles. The molecule has 0 spiro atoms. The fraction of sp³-hybridized carbons (Fsp3) is 0.500. The Hall–Kier alpha value is -2.71. The number of nitrogens with one attached hydrogen (secondary N) is 1. The van der Waals surface area contributed by atoms with E-state index in [1.165, 1.54) is 13.3 Å². The smallest absolute Gasteiger partial charge is 0.410 e. The first-order chi connectivity index (χ1) is 13.9. The van der Waals surface area contributed by atoms with Crippen molar-refractivity contribution in [1.29, 1.82) is 0 Å². The van der Waals surface area contributed by atoms with Crippen LogP contribution in [-0.2, 0) is 0 Å². The number of halogens is 3. The van der Waals surface area contributed by atoms with Crippen molar-refractivity contribution < 1.29 is 22.7 Å². The van der Waals surface area contributed by atoms with Crippen molar-refractivity contribution in [3.8, 4) is 5.75 Å². The maximum Gasteiger partial charge on any atom is 0.410 e. The van der Waals surface area contributed by atoms with Crippen LogP contribution in [0.4, 0.5) is 19.0 Å². The molecule has 29 heavy (non-hydrogen) atoms. The summed E-state index contributed by atoms with van der Waals surface area (Å²) in [6.45, 7) is 1.23. The third-order valence-corrected chi connectivity index (χ3v) is 5.61. The molecule has 2 aromatic rings. The van der Waals surface area contributed by atoms with E-state index >= 15 is 0 Å². The van der Waals surface area contributed by atoms with Gasteiger partial charge < -0.3 is 15.0 Å². The van der Waals surface area contributed by atoms with Crippen LogP contribution in [0.2, 0.25) is 0 Å². The number of alkyl halides is 3. The van der Waals surface area contributed by atoms with Gasteiger partial charge in [-0.25, -0.2) is 4.68 Å². The van der Waals surface area contributed by atoms with E-state index < -0.39 is 18.3 Å². The summed E-state index contributed by atoms with van der Waals surface area (Å²) in [4.78, 5) is 14.7. The van der Waals surface area contributed by atoms with Crippen LogP contribution in [0.5, 0.6) is 5.75 Å². The molecule has 1 aromatic carbocycles. The normalized spacial score (nSPS) is 22.0. The number of fused-ring (bicyclic) bond motifs is 1. The lowest BCUT2D eigenvalue weighted by Crippen LogP contribution is -2.38. The first-order valence-corrected chi connectivity index (χ1v) is 9.72. The number of benzene rings is 1. The molecular formula is C20H23F3N4O2. The van der Waals surface area contributed by atoms with Crippen LogP contribution in [0.25, 0.3) is 0 Å². The minimum Gasteiger partial charge on any atom is -0.497 e. The summed E-state index contributed by atoms with van der Waals surface area (Å²) in [5, 5.41) is 7.08. The largest absolute Gasteiger partial charge is 0.497 e. The zero-order valence-corrected chi connectivity index (χ0v) is 16.1. The number of hydrogen-bond donors (Lipinski definition) is 1. The number of rotatable bonds is 3. The molecule has 0 unspecified atom stereocenters. The molecule has 1 saturated heterocycles. The van der Waals surface area contributed by atoms with Gasteiger partial charge in [0.05, 0.1) is 19.3 Å². The van der Waals surface area contributed by atoms with E-state index in [1.54, 1.807) is 29.2 Å². The predicted molar refractivity (Wildman–Crippen MR) is 101 cm³/mol. The van der Waals surface area contributed by atoms with Crippen LogP contribution in [-0.4, -0.2) is 47.0 Å². The summed E-state index contributed by atoms with van der Waals surface area (Å²) in [7, 11) is 1.51. The average Bonchev–Trinajstić information content (AvgIpc) is 3.16. The molecular weight excluding hydrogens is 385 g/mol. The molecule has 4 rings (SSSR count). The van der Waals surface area contributed by atoms with Gasteiger partial charge >= 0.3 is 6.18 Å². The first kappa shape index (κ1) is 19.6. The highest BCUT2D eigenvalue weighted by Gasteiger charge is 2.47. The van der Waals surface area contributed by atoms with Crippen LogP contribution in [0, 0.1) is 0 Å². The molecule has 1 fully saturated rings. The van der Waals surface area contributed by atoms with Crippen LogP contribution >= 0.6 is 0 Å². The number of methoxy groups -OCH3 is 1. The maximum absolute atomic E-state index is 13.8. The lowest BCUT2D eigenvalue weighted by atomic mass is 9.96. The van der Waals surface area contributed by atoms with Crippen molar-refractivity contribution in [2.24, 2.45) is 0 Å². The number of amides is 1. The number of likely N-dealkylation sites (tertiary alicyclic amines) is 1. The van der Waals surface area contributed by atoms with E-state index in [4.69, 9.17) is 4.74 Å². The number of carbonyl (C=O) groups excluding carboxylic acids is 1.